The number of hydrogen-bond acceptors (Lipinski definition) is 7. The number of rotatable bonds is 12. The van der Waals surface area contributed by atoms with Crippen LogP contribution in [0.15, 0.2) is 41.2 Å². The Kier molecular flexibility index (Phi) is 11.1. The Labute approximate surface area is 275 Å². The number of pyridine rings is 1. The number of methoxy groups -OCH3 is 1. The van der Waals surface area contributed by atoms with Gasteiger partial charge < -0.3 is 24.3 Å². The van der Waals surface area contributed by atoms with E-state index in [1.807, 2.05) is 52.0 Å². The van der Waals surface area contributed by atoms with Crippen molar-refractivity contribution in [3.63, 3.8) is 0 Å². The number of hydrogen-bond donors (Lipinski definition) is 1. The van der Waals surface area contributed by atoms with Gasteiger partial charge in [0, 0.05) is 44.7 Å². The van der Waals surface area contributed by atoms with Gasteiger partial charge in [-0.05, 0) is 68.5 Å². The molecular weight excluding hydrogens is 628 g/mol. The second-order valence-electron chi connectivity index (χ2n) is 13.6. The Morgan fingerprint density at radius 1 is 1.13 bits per heavy atom. The number of fused-ring (bicyclic) bond motifs is 3. The second-order valence-corrected chi connectivity index (χ2v) is 20.9. The fraction of sp³-hybridized carbons (Fsp3) is 0.471. The van der Waals surface area contributed by atoms with Crippen LogP contribution in [-0.4, -0.2) is 51.4 Å². The molecule has 0 fully saturated rings. The third-order valence-corrected chi connectivity index (χ3v) is 10.4. The van der Waals surface area contributed by atoms with Crippen molar-refractivity contribution < 1.29 is 23.7 Å². The van der Waals surface area contributed by atoms with Crippen LogP contribution in [0.1, 0.15) is 44.7 Å². The monoisotopic (exact) mass is 672 g/mol. The van der Waals surface area contributed by atoms with Crippen molar-refractivity contribution >= 4 is 58.1 Å². The van der Waals surface area contributed by atoms with Gasteiger partial charge in [0.2, 0.25) is 0 Å². The molecule has 1 atom stereocenters. The van der Waals surface area contributed by atoms with Crippen LogP contribution < -0.4 is 15.6 Å². The number of aromatic nitrogens is 1. The summed E-state index contributed by atoms with van der Waals surface area (Å²) in [7, 11) is 0.281. The van der Waals surface area contributed by atoms with Gasteiger partial charge in [-0.2, -0.15) is 0 Å². The zero-order valence-electron chi connectivity index (χ0n) is 27.8. The SMILES string of the molecule is COCOc1cc(C)c2c(c1-c1ccc([C@@H](C)CNC(=O)OC(C)(C)C)cc1)c1cc(Cl)sc1c(=O)n2COCC[Si](C)(C)C. The van der Waals surface area contributed by atoms with Crippen molar-refractivity contribution in [1.82, 2.24) is 9.88 Å². The second kappa shape index (κ2) is 14.3. The van der Waals surface area contributed by atoms with E-state index in [0.717, 1.165) is 44.6 Å². The van der Waals surface area contributed by atoms with Gasteiger partial charge in [-0.25, -0.2) is 4.79 Å². The van der Waals surface area contributed by atoms with Gasteiger partial charge in [0.25, 0.3) is 5.56 Å². The molecule has 11 heteroatoms. The molecule has 45 heavy (non-hydrogen) atoms. The third-order valence-electron chi connectivity index (χ3n) is 7.40. The van der Waals surface area contributed by atoms with Crippen LogP contribution in [0.25, 0.3) is 32.1 Å². The average molecular weight is 673 g/mol. The molecule has 1 N–H and O–H groups in total. The standard InChI is InChI=1S/C34H45ClN2O6SSi/c1-21-16-26(42-20-40-6)28(24-12-10-23(11-13-24)22(2)18-36-33(39)43-34(3,4)5)29-25-17-27(35)44-31(25)32(38)37(30(21)29)19-41-14-15-45(7,8)9/h10-13,16-17,22H,14-15,18-20H2,1-9H3,(H,36,39)/t22-/m0/s1. The van der Waals surface area contributed by atoms with Gasteiger partial charge in [0.15, 0.2) is 6.79 Å². The maximum Gasteiger partial charge on any atom is 0.407 e. The van der Waals surface area contributed by atoms with Crippen molar-refractivity contribution in [1.29, 1.82) is 0 Å². The van der Waals surface area contributed by atoms with Crippen LogP contribution in [0.2, 0.25) is 30.0 Å². The Hall–Kier alpha value is -2.89. The summed E-state index contributed by atoms with van der Waals surface area (Å²) in [6.07, 6.45) is -0.439. The molecule has 8 nitrogen and oxygen atoms in total. The number of halogens is 1. The summed E-state index contributed by atoms with van der Waals surface area (Å²) in [5.74, 6) is 0.689. The van der Waals surface area contributed by atoms with Crippen molar-refractivity contribution in [2.45, 2.75) is 78.6 Å². The molecular formula is C34H45ClN2O6SSi. The Morgan fingerprint density at radius 2 is 1.82 bits per heavy atom. The molecule has 0 saturated heterocycles. The van der Waals surface area contributed by atoms with E-state index in [2.05, 4.69) is 44.0 Å². The molecule has 2 aromatic heterocycles. The average Bonchev–Trinajstić information content (AvgIpc) is 3.35. The summed E-state index contributed by atoms with van der Waals surface area (Å²) in [4.78, 5) is 26.1. The highest BCUT2D eigenvalue weighted by Gasteiger charge is 2.23. The van der Waals surface area contributed by atoms with Crippen LogP contribution in [0.3, 0.4) is 0 Å². The number of nitrogens with one attached hydrogen (secondary N) is 1. The van der Waals surface area contributed by atoms with Crippen LogP contribution in [0, 0.1) is 6.92 Å². The number of thiophene rings is 1. The zero-order chi connectivity index (χ0) is 33.1. The van der Waals surface area contributed by atoms with Crippen LogP contribution in [-0.2, 0) is 20.9 Å². The molecule has 2 aromatic carbocycles. The van der Waals surface area contributed by atoms with E-state index >= 15 is 0 Å². The molecule has 4 aromatic rings. The largest absolute Gasteiger partial charge is 0.467 e. The maximum absolute atomic E-state index is 13.9. The van der Waals surface area contributed by atoms with Crippen LogP contribution >= 0.6 is 22.9 Å². The summed E-state index contributed by atoms with van der Waals surface area (Å²) in [6, 6.07) is 13.0. The number of benzene rings is 2. The normalized spacial score (nSPS) is 12.9. The van der Waals surface area contributed by atoms with Crippen molar-refractivity contribution in [3.05, 3.63) is 62.2 Å². The molecule has 0 aliphatic carbocycles. The van der Waals surface area contributed by atoms with Crippen LogP contribution in [0.5, 0.6) is 5.75 Å². The van der Waals surface area contributed by atoms with Gasteiger partial charge >= 0.3 is 6.09 Å². The topological polar surface area (TPSA) is 88.0 Å². The molecule has 0 saturated carbocycles. The van der Waals surface area contributed by atoms with Gasteiger partial charge in [0.1, 0.15) is 22.8 Å². The van der Waals surface area contributed by atoms with E-state index in [9.17, 15) is 9.59 Å². The molecule has 0 spiro atoms. The molecule has 0 bridgehead atoms. The highest BCUT2D eigenvalue weighted by atomic mass is 35.5. The van der Waals surface area contributed by atoms with Crippen molar-refractivity contribution in [3.8, 4) is 16.9 Å². The number of carbonyl (C=O) groups excluding carboxylic acids is 1. The maximum atomic E-state index is 13.9. The molecule has 1 amide bonds. The summed E-state index contributed by atoms with van der Waals surface area (Å²) < 4.78 is 25.8. The number of ether oxygens (including phenoxy) is 4. The van der Waals surface area contributed by atoms with Crippen LogP contribution in [0.4, 0.5) is 4.79 Å². The highest BCUT2D eigenvalue weighted by molar-refractivity contribution is 7.22. The van der Waals surface area contributed by atoms with Gasteiger partial charge in [-0.1, -0.05) is 62.4 Å². The lowest BCUT2D eigenvalue weighted by Gasteiger charge is -2.22. The fourth-order valence-corrected chi connectivity index (χ4v) is 7.08. The van der Waals surface area contributed by atoms with E-state index in [0.29, 0.717) is 27.9 Å². The molecule has 0 aliphatic heterocycles. The minimum atomic E-state index is -1.30. The highest BCUT2D eigenvalue weighted by Crippen LogP contribution is 2.44. The smallest absolute Gasteiger partial charge is 0.407 e. The molecule has 4 rings (SSSR count). The summed E-state index contributed by atoms with van der Waals surface area (Å²) in [6.45, 7) is 17.7. The number of carbonyl (C=O) groups is 1. The van der Waals surface area contributed by atoms with Crippen molar-refractivity contribution in [2.24, 2.45) is 0 Å². The predicted octanol–water partition coefficient (Wildman–Crippen LogP) is 8.77. The number of amides is 1. The number of aryl methyl sites for hydroxylation is 1. The van der Waals surface area contributed by atoms with Gasteiger partial charge in [0.05, 0.1) is 9.85 Å². The Morgan fingerprint density at radius 3 is 2.44 bits per heavy atom. The van der Waals surface area contributed by atoms with Gasteiger partial charge in [-0.3, -0.25) is 9.36 Å². The quantitative estimate of drug-likeness (QED) is 0.0920. The van der Waals surface area contributed by atoms with E-state index < -0.39 is 19.8 Å². The van der Waals surface area contributed by atoms with Crippen molar-refractivity contribution in [2.75, 3.05) is 27.1 Å². The molecule has 0 radical (unpaired) electrons. The minimum Gasteiger partial charge on any atom is -0.467 e. The minimum absolute atomic E-state index is 0.0476. The molecule has 0 aliphatic rings. The fourth-order valence-electron chi connectivity index (χ4n) is 5.14. The Balaban J connectivity index is 1.81. The predicted molar refractivity (Wildman–Crippen MR) is 188 cm³/mol. The molecule has 244 valence electrons. The zero-order valence-corrected chi connectivity index (χ0v) is 30.3. The first-order chi connectivity index (χ1) is 21.1. The lowest BCUT2D eigenvalue weighted by atomic mass is 9.92. The molecule has 2 heterocycles. The first-order valence-electron chi connectivity index (χ1n) is 15.2. The lowest BCUT2D eigenvalue weighted by Crippen LogP contribution is -2.34. The first kappa shape index (κ1) is 35.0. The summed E-state index contributed by atoms with van der Waals surface area (Å²) in [5, 5.41) is 4.52. The molecule has 0 unspecified atom stereocenters. The van der Waals surface area contributed by atoms with Gasteiger partial charge in [-0.15, -0.1) is 11.3 Å². The first-order valence-corrected chi connectivity index (χ1v) is 20.1. The third kappa shape index (κ3) is 8.68. The van der Waals surface area contributed by atoms with E-state index in [4.69, 9.17) is 30.5 Å². The van der Waals surface area contributed by atoms with E-state index in [-0.39, 0.29) is 25.0 Å². The Bertz CT molecular complexity index is 1720. The van der Waals surface area contributed by atoms with E-state index in [1.165, 1.54) is 11.3 Å². The lowest BCUT2D eigenvalue weighted by molar-refractivity contribution is 0.0514. The number of alkyl carbamates (subject to hydrolysis) is 1. The number of nitrogens with zero attached hydrogens (tertiary/aromatic N) is 1. The summed E-state index contributed by atoms with van der Waals surface area (Å²) in [5.41, 5.74) is 3.80. The van der Waals surface area contributed by atoms with E-state index in [1.54, 1.807) is 11.7 Å². The summed E-state index contributed by atoms with van der Waals surface area (Å²) >= 11 is 7.82.